The van der Waals surface area contributed by atoms with Gasteiger partial charge >= 0.3 is 5.97 Å². The van der Waals surface area contributed by atoms with E-state index in [0.29, 0.717) is 0 Å². The predicted molar refractivity (Wildman–Crippen MR) is 73.6 cm³/mol. The fourth-order valence-corrected chi connectivity index (χ4v) is 1.57. The van der Waals surface area contributed by atoms with Crippen LogP contribution in [0.2, 0.25) is 0 Å². The van der Waals surface area contributed by atoms with Crippen LogP contribution >= 0.6 is 0 Å². The summed E-state index contributed by atoms with van der Waals surface area (Å²) in [7, 11) is 0. The third-order valence-corrected chi connectivity index (χ3v) is 2.87. The Morgan fingerprint density at radius 3 is 2.79 bits per heavy atom. The number of esters is 1. The van der Waals surface area contributed by atoms with Gasteiger partial charge in [0.1, 0.15) is 12.4 Å². The first kappa shape index (κ1) is 13.0. The van der Waals surface area contributed by atoms with Crippen molar-refractivity contribution in [2.24, 2.45) is 21.1 Å². The molecular weight excluding hydrogens is 242 g/mol. The van der Waals surface area contributed by atoms with Crippen molar-refractivity contribution < 1.29 is 9.53 Å². The monoisotopic (exact) mass is 257 g/mol. The molecule has 0 radical (unpaired) electrons. The molecule has 5 nitrogen and oxygen atoms in total. The fourth-order valence-electron chi connectivity index (χ4n) is 1.57. The molecule has 0 aliphatic carbocycles. The van der Waals surface area contributed by atoms with Crippen LogP contribution in [0, 0.1) is 5.41 Å². The molecule has 0 aromatic heterocycles. The van der Waals surface area contributed by atoms with Crippen LogP contribution in [0.4, 0.5) is 0 Å². The Labute approximate surface area is 111 Å². The molecule has 19 heavy (non-hydrogen) atoms. The third-order valence-electron chi connectivity index (χ3n) is 2.87. The molecule has 0 spiro atoms. The minimum atomic E-state index is -1.13. The summed E-state index contributed by atoms with van der Waals surface area (Å²) in [5.41, 5.74) is 5.58. The molecule has 98 valence electrons. The Kier molecular flexibility index (Phi) is 3.75. The summed E-state index contributed by atoms with van der Waals surface area (Å²) in [6, 6.07) is 9.45. The lowest BCUT2D eigenvalue weighted by Crippen LogP contribution is -2.43. The number of benzene rings is 1. The van der Waals surface area contributed by atoms with Gasteiger partial charge in [-0.1, -0.05) is 30.3 Å². The molecular formula is C14H15N3O2. The Bertz CT molecular complexity index is 549. The summed E-state index contributed by atoms with van der Waals surface area (Å²) in [5, 5.41) is 0. The number of aliphatic imine (C=N–C) groups is 2. The van der Waals surface area contributed by atoms with Crippen LogP contribution in [0.1, 0.15) is 12.5 Å². The average Bonchev–Trinajstić information content (AvgIpc) is 2.61. The van der Waals surface area contributed by atoms with Gasteiger partial charge in [0.25, 0.3) is 0 Å². The molecule has 1 aromatic carbocycles. The zero-order valence-corrected chi connectivity index (χ0v) is 10.6. The summed E-state index contributed by atoms with van der Waals surface area (Å²) in [6.45, 7) is 1.83. The number of nitrogens with two attached hydrogens (primary N) is 1. The second-order valence-electron chi connectivity index (χ2n) is 4.35. The summed E-state index contributed by atoms with van der Waals surface area (Å²) in [6.07, 6.45) is 4.37. The van der Waals surface area contributed by atoms with E-state index in [1.165, 1.54) is 18.6 Å². The standard InChI is InChI=1S/C14H15N3O2/c1-14(10-16-7-8-17-12(14)15)13(18)19-9-11-5-3-2-4-6-11/h2-8,10H,9H2,1H3,(H2,15,17). The first-order valence-corrected chi connectivity index (χ1v) is 5.87. The Balaban J connectivity index is 2.07. The molecule has 0 fully saturated rings. The van der Waals surface area contributed by atoms with E-state index in [-0.39, 0.29) is 12.4 Å². The Morgan fingerprint density at radius 1 is 1.32 bits per heavy atom. The van der Waals surface area contributed by atoms with E-state index < -0.39 is 11.4 Å². The number of carbonyl (C=O) groups is 1. The van der Waals surface area contributed by atoms with Crippen LogP contribution < -0.4 is 5.73 Å². The van der Waals surface area contributed by atoms with Crippen LogP contribution in [-0.4, -0.2) is 18.0 Å². The number of ether oxygens (including phenoxy) is 1. The van der Waals surface area contributed by atoms with E-state index in [9.17, 15) is 4.79 Å². The van der Waals surface area contributed by atoms with Crippen LogP contribution in [0.3, 0.4) is 0 Å². The molecule has 1 atom stereocenters. The number of carbonyl (C=O) groups excluding carboxylic acids is 1. The molecule has 1 aromatic rings. The van der Waals surface area contributed by atoms with Crippen LogP contribution in [0.5, 0.6) is 0 Å². The van der Waals surface area contributed by atoms with Gasteiger partial charge in [-0.2, -0.15) is 0 Å². The largest absolute Gasteiger partial charge is 0.460 e. The van der Waals surface area contributed by atoms with Crippen LogP contribution in [-0.2, 0) is 16.1 Å². The van der Waals surface area contributed by atoms with Crippen molar-refractivity contribution in [1.82, 2.24) is 0 Å². The smallest absolute Gasteiger partial charge is 0.325 e. The van der Waals surface area contributed by atoms with E-state index in [4.69, 9.17) is 10.5 Å². The van der Waals surface area contributed by atoms with Gasteiger partial charge < -0.3 is 10.5 Å². The minimum Gasteiger partial charge on any atom is -0.460 e. The van der Waals surface area contributed by atoms with Gasteiger partial charge in [-0.25, -0.2) is 4.99 Å². The summed E-state index contributed by atoms with van der Waals surface area (Å²) in [4.78, 5) is 20.0. The van der Waals surface area contributed by atoms with Gasteiger partial charge in [0, 0.05) is 18.6 Å². The molecule has 0 saturated carbocycles. The van der Waals surface area contributed by atoms with Gasteiger partial charge in [-0.3, -0.25) is 9.79 Å². The van der Waals surface area contributed by atoms with Crippen molar-refractivity contribution in [3.8, 4) is 0 Å². The number of hydrogen-bond donors (Lipinski definition) is 1. The molecule has 0 saturated heterocycles. The second kappa shape index (κ2) is 5.48. The second-order valence-corrected chi connectivity index (χ2v) is 4.35. The number of amidine groups is 1. The average molecular weight is 257 g/mol. The maximum Gasteiger partial charge on any atom is 0.325 e. The zero-order valence-electron chi connectivity index (χ0n) is 10.6. The molecule has 0 bridgehead atoms. The first-order valence-electron chi connectivity index (χ1n) is 5.87. The number of hydrogen-bond acceptors (Lipinski definition) is 5. The maximum absolute atomic E-state index is 12.2. The summed E-state index contributed by atoms with van der Waals surface area (Å²) >= 11 is 0. The van der Waals surface area contributed by atoms with E-state index in [0.717, 1.165) is 5.56 Å². The lowest BCUT2D eigenvalue weighted by molar-refractivity contribution is -0.149. The highest BCUT2D eigenvalue weighted by atomic mass is 16.5. The van der Waals surface area contributed by atoms with Gasteiger partial charge in [-0.05, 0) is 12.5 Å². The molecule has 2 rings (SSSR count). The quantitative estimate of drug-likeness (QED) is 0.836. The lowest BCUT2D eigenvalue weighted by atomic mass is 9.91. The first-order chi connectivity index (χ1) is 9.13. The van der Waals surface area contributed by atoms with E-state index >= 15 is 0 Å². The number of nitrogens with zero attached hydrogens (tertiary/aromatic N) is 2. The van der Waals surface area contributed by atoms with Gasteiger partial charge in [0.15, 0.2) is 5.41 Å². The Morgan fingerprint density at radius 2 is 2.05 bits per heavy atom. The molecule has 5 heteroatoms. The van der Waals surface area contributed by atoms with Crippen LogP contribution in [0.25, 0.3) is 0 Å². The topological polar surface area (TPSA) is 77.0 Å². The van der Waals surface area contributed by atoms with Crippen molar-refractivity contribution in [2.75, 3.05) is 0 Å². The molecule has 0 amide bonds. The molecule has 1 aliphatic heterocycles. The van der Waals surface area contributed by atoms with Crippen molar-refractivity contribution in [2.45, 2.75) is 13.5 Å². The SMILES string of the molecule is CC1(C(=O)OCc2ccccc2)C=NC=CN=C1N. The predicted octanol–water partition coefficient (Wildman–Crippen LogP) is 1.65. The van der Waals surface area contributed by atoms with Crippen LogP contribution in [0.15, 0.2) is 52.7 Å². The third kappa shape index (κ3) is 2.88. The lowest BCUT2D eigenvalue weighted by Gasteiger charge is -2.21. The van der Waals surface area contributed by atoms with Crippen molar-refractivity contribution in [1.29, 1.82) is 0 Å². The van der Waals surface area contributed by atoms with Crippen molar-refractivity contribution in [3.63, 3.8) is 0 Å². The van der Waals surface area contributed by atoms with E-state index in [2.05, 4.69) is 9.98 Å². The molecule has 1 heterocycles. The van der Waals surface area contributed by atoms with Crippen molar-refractivity contribution >= 4 is 18.0 Å². The molecule has 2 N–H and O–H groups in total. The minimum absolute atomic E-state index is 0.170. The molecule has 1 aliphatic rings. The van der Waals surface area contributed by atoms with Gasteiger partial charge in [0.2, 0.25) is 0 Å². The van der Waals surface area contributed by atoms with E-state index in [1.54, 1.807) is 6.92 Å². The van der Waals surface area contributed by atoms with E-state index in [1.807, 2.05) is 30.3 Å². The highest BCUT2D eigenvalue weighted by Gasteiger charge is 2.38. The highest BCUT2D eigenvalue weighted by Crippen LogP contribution is 2.19. The zero-order chi connectivity index (χ0) is 13.7. The fraction of sp³-hybridized carbons (Fsp3) is 0.214. The van der Waals surface area contributed by atoms with Gasteiger partial charge in [-0.15, -0.1) is 0 Å². The normalized spacial score (nSPS) is 21.6. The Hall–Kier alpha value is -2.43. The summed E-state index contributed by atoms with van der Waals surface area (Å²) in [5.74, 6) is -0.298. The number of rotatable bonds is 3. The molecule has 1 unspecified atom stereocenters. The maximum atomic E-state index is 12.2. The van der Waals surface area contributed by atoms with Gasteiger partial charge in [0.05, 0.1) is 0 Å². The van der Waals surface area contributed by atoms with Crippen molar-refractivity contribution in [3.05, 3.63) is 48.3 Å². The summed E-state index contributed by atoms with van der Waals surface area (Å²) < 4.78 is 5.28. The highest BCUT2D eigenvalue weighted by molar-refractivity contribution is 6.17.